The minimum absolute atomic E-state index is 0.132. The zero-order chi connectivity index (χ0) is 17.6. The lowest BCUT2D eigenvalue weighted by Gasteiger charge is -2.32. The van der Waals surface area contributed by atoms with E-state index in [1.807, 2.05) is 0 Å². The predicted molar refractivity (Wildman–Crippen MR) is 111 cm³/mol. The second kappa shape index (κ2) is 4.70. The molecule has 2 aromatic carbocycles. The molecule has 2 aromatic rings. The lowest BCUT2D eigenvalue weighted by Crippen LogP contribution is -2.26. The van der Waals surface area contributed by atoms with Crippen molar-refractivity contribution in [2.24, 2.45) is 11.8 Å². The van der Waals surface area contributed by atoms with Crippen LogP contribution in [-0.4, -0.2) is 0 Å². The smallest absolute Gasteiger partial charge is 0.0722 e. The molecule has 0 aromatic heterocycles. The second-order valence-electron chi connectivity index (χ2n) is 8.43. The summed E-state index contributed by atoms with van der Waals surface area (Å²) in [6, 6.07) is 18.2. The van der Waals surface area contributed by atoms with E-state index in [1.165, 1.54) is 45.4 Å². The quantitative estimate of drug-likeness (QED) is 0.531. The Balaban J connectivity index is 1.67. The van der Waals surface area contributed by atoms with Crippen LogP contribution in [0.25, 0.3) is 11.1 Å². The standard InChI is InChI=1S/C27H20/c1-2-8-19-20-9-4-6-12-24(20)27(23(19)11-3-1)25-13-7-5-10-21(25)22-15-17-14-18(17)16-26(22)27/h1,3-13,15-18H,2,14H2/t17-,18?,27?/m1/s1. The van der Waals surface area contributed by atoms with Gasteiger partial charge in [-0.3, -0.25) is 0 Å². The van der Waals surface area contributed by atoms with Crippen LogP contribution in [-0.2, 0) is 5.41 Å². The van der Waals surface area contributed by atoms with Crippen molar-refractivity contribution in [3.8, 4) is 0 Å². The van der Waals surface area contributed by atoms with Crippen LogP contribution < -0.4 is 0 Å². The summed E-state index contributed by atoms with van der Waals surface area (Å²) in [5.41, 5.74) is 11.6. The van der Waals surface area contributed by atoms with Gasteiger partial charge in [-0.25, -0.2) is 0 Å². The first kappa shape index (κ1) is 14.2. The van der Waals surface area contributed by atoms with E-state index >= 15 is 0 Å². The monoisotopic (exact) mass is 344 g/mol. The lowest BCUT2D eigenvalue weighted by molar-refractivity contribution is 0.778. The normalized spacial score (nSPS) is 30.8. The molecule has 27 heavy (non-hydrogen) atoms. The highest BCUT2D eigenvalue weighted by Crippen LogP contribution is 2.67. The summed E-state index contributed by atoms with van der Waals surface area (Å²) in [4.78, 5) is 0. The van der Waals surface area contributed by atoms with E-state index in [4.69, 9.17) is 0 Å². The molecule has 5 aliphatic carbocycles. The summed E-state index contributed by atoms with van der Waals surface area (Å²) in [6.45, 7) is 0. The summed E-state index contributed by atoms with van der Waals surface area (Å²) in [5.74, 6) is 1.51. The Kier molecular flexibility index (Phi) is 2.48. The molecule has 2 unspecified atom stereocenters. The summed E-state index contributed by atoms with van der Waals surface area (Å²) in [5, 5.41) is 0. The average molecular weight is 344 g/mol. The van der Waals surface area contributed by atoms with Gasteiger partial charge in [-0.2, -0.15) is 0 Å². The molecule has 3 atom stereocenters. The van der Waals surface area contributed by atoms with Crippen molar-refractivity contribution in [1.29, 1.82) is 0 Å². The van der Waals surface area contributed by atoms with Crippen LogP contribution in [0.5, 0.6) is 0 Å². The molecule has 0 heterocycles. The molecule has 1 spiro atoms. The Morgan fingerprint density at radius 3 is 2.26 bits per heavy atom. The van der Waals surface area contributed by atoms with Crippen molar-refractivity contribution in [3.63, 3.8) is 0 Å². The van der Waals surface area contributed by atoms with Gasteiger partial charge in [0.2, 0.25) is 0 Å². The van der Waals surface area contributed by atoms with Gasteiger partial charge in [-0.1, -0.05) is 85.0 Å². The fraction of sp³-hybridized carbons (Fsp3) is 0.185. The van der Waals surface area contributed by atoms with Crippen molar-refractivity contribution >= 4 is 11.1 Å². The first-order chi connectivity index (χ1) is 13.4. The van der Waals surface area contributed by atoms with Gasteiger partial charge in [0.25, 0.3) is 0 Å². The highest BCUT2D eigenvalue weighted by molar-refractivity contribution is 6.04. The minimum Gasteiger partial charge on any atom is -0.0807 e. The van der Waals surface area contributed by atoms with Crippen molar-refractivity contribution in [3.05, 3.63) is 118 Å². The molecule has 1 saturated carbocycles. The maximum absolute atomic E-state index is 2.62. The fourth-order valence-corrected chi connectivity index (χ4v) is 5.96. The molecular weight excluding hydrogens is 324 g/mol. The molecule has 0 N–H and O–H groups in total. The molecule has 5 aliphatic rings. The van der Waals surface area contributed by atoms with Gasteiger partial charge in [0.1, 0.15) is 0 Å². The molecular formula is C27H20. The van der Waals surface area contributed by atoms with Crippen molar-refractivity contribution in [2.45, 2.75) is 18.3 Å². The second-order valence-corrected chi connectivity index (χ2v) is 8.43. The molecule has 0 radical (unpaired) electrons. The third kappa shape index (κ3) is 1.57. The summed E-state index contributed by atoms with van der Waals surface area (Å²) in [7, 11) is 0. The molecule has 0 bridgehead atoms. The SMILES string of the molecule is C1=CCC=C2C(=C1)C1(C3=CC4C[C@@H]4C=C3c3ccccc31)c1ccccc12. The summed E-state index contributed by atoms with van der Waals surface area (Å²) >= 11 is 0. The first-order valence-corrected chi connectivity index (χ1v) is 10.1. The highest BCUT2D eigenvalue weighted by atomic mass is 14.6. The van der Waals surface area contributed by atoms with Crippen LogP contribution in [0.1, 0.15) is 35.1 Å². The van der Waals surface area contributed by atoms with Gasteiger partial charge in [-0.15, -0.1) is 0 Å². The van der Waals surface area contributed by atoms with Gasteiger partial charge in [-0.05, 0) is 69.2 Å². The number of rotatable bonds is 0. The maximum Gasteiger partial charge on any atom is 0.0722 e. The topological polar surface area (TPSA) is 0 Å². The van der Waals surface area contributed by atoms with Gasteiger partial charge in [0, 0.05) is 0 Å². The number of hydrogen-bond acceptors (Lipinski definition) is 0. The Hall–Kier alpha value is -2.86. The molecule has 7 rings (SSSR count). The van der Waals surface area contributed by atoms with Crippen LogP contribution in [0, 0.1) is 11.8 Å². The maximum atomic E-state index is 2.62. The summed E-state index contributed by atoms with van der Waals surface area (Å²) < 4.78 is 0. The number of hydrogen-bond donors (Lipinski definition) is 0. The average Bonchev–Trinajstić information content (AvgIpc) is 3.42. The van der Waals surface area contributed by atoms with Crippen molar-refractivity contribution < 1.29 is 0 Å². The predicted octanol–water partition coefficient (Wildman–Crippen LogP) is 6.23. The molecule has 128 valence electrons. The Morgan fingerprint density at radius 1 is 0.741 bits per heavy atom. The van der Waals surface area contributed by atoms with Crippen LogP contribution in [0.2, 0.25) is 0 Å². The Bertz CT molecular complexity index is 1180. The van der Waals surface area contributed by atoms with E-state index < -0.39 is 0 Å². The van der Waals surface area contributed by atoms with Gasteiger partial charge >= 0.3 is 0 Å². The first-order valence-electron chi connectivity index (χ1n) is 10.1. The van der Waals surface area contributed by atoms with Crippen molar-refractivity contribution in [1.82, 2.24) is 0 Å². The van der Waals surface area contributed by atoms with Gasteiger partial charge in [0.15, 0.2) is 0 Å². The minimum atomic E-state index is -0.132. The van der Waals surface area contributed by atoms with E-state index in [1.54, 1.807) is 5.57 Å². The number of allylic oxidation sites excluding steroid dienone is 10. The largest absolute Gasteiger partial charge is 0.0807 e. The van der Waals surface area contributed by atoms with E-state index in [2.05, 4.69) is 85.0 Å². The Morgan fingerprint density at radius 2 is 1.44 bits per heavy atom. The summed E-state index contributed by atoms with van der Waals surface area (Å²) in [6.07, 6.45) is 16.9. The van der Waals surface area contributed by atoms with Crippen LogP contribution in [0.15, 0.2) is 96.1 Å². The van der Waals surface area contributed by atoms with Crippen molar-refractivity contribution in [2.75, 3.05) is 0 Å². The van der Waals surface area contributed by atoms with Gasteiger partial charge in [0.05, 0.1) is 5.41 Å². The molecule has 0 heteroatoms. The lowest BCUT2D eigenvalue weighted by atomic mass is 9.69. The molecule has 0 amide bonds. The van der Waals surface area contributed by atoms with E-state index in [0.717, 1.165) is 18.3 Å². The Labute approximate surface area is 159 Å². The zero-order valence-electron chi connectivity index (χ0n) is 15.2. The number of benzene rings is 2. The van der Waals surface area contributed by atoms with E-state index in [9.17, 15) is 0 Å². The van der Waals surface area contributed by atoms with E-state index in [0.29, 0.717) is 0 Å². The molecule has 0 aliphatic heterocycles. The number of fused-ring (bicyclic) bond motifs is 11. The van der Waals surface area contributed by atoms with Crippen LogP contribution >= 0.6 is 0 Å². The molecule has 0 saturated heterocycles. The highest BCUT2D eigenvalue weighted by Gasteiger charge is 2.56. The van der Waals surface area contributed by atoms with E-state index in [-0.39, 0.29) is 5.41 Å². The third-order valence-corrected chi connectivity index (χ3v) is 7.14. The zero-order valence-corrected chi connectivity index (χ0v) is 15.2. The van der Waals surface area contributed by atoms with Gasteiger partial charge < -0.3 is 0 Å². The van der Waals surface area contributed by atoms with Crippen LogP contribution in [0.4, 0.5) is 0 Å². The molecule has 0 nitrogen and oxygen atoms in total. The molecule has 1 fully saturated rings. The van der Waals surface area contributed by atoms with Crippen LogP contribution in [0.3, 0.4) is 0 Å². The third-order valence-electron chi connectivity index (χ3n) is 7.14. The fourth-order valence-electron chi connectivity index (χ4n) is 5.96.